The lowest BCUT2D eigenvalue weighted by molar-refractivity contribution is -0.121. The monoisotopic (exact) mass is 240 g/mol. The fourth-order valence-electron chi connectivity index (χ4n) is 2.33. The summed E-state index contributed by atoms with van der Waals surface area (Å²) in [4.78, 5) is 11.6. The first-order valence-corrected chi connectivity index (χ1v) is 7.25. The molecule has 1 fully saturated rings. The minimum Gasteiger partial charge on any atom is -0.353 e. The molecule has 3 nitrogen and oxygen atoms in total. The molecule has 3 heteroatoms. The second-order valence-corrected chi connectivity index (χ2v) is 5.30. The first-order chi connectivity index (χ1) is 8.22. The Kier molecular flexibility index (Phi) is 7.25. The fourth-order valence-corrected chi connectivity index (χ4v) is 2.33. The molecule has 0 aromatic carbocycles. The van der Waals surface area contributed by atoms with E-state index in [1.165, 1.54) is 44.9 Å². The van der Waals surface area contributed by atoms with Crippen molar-refractivity contribution >= 4 is 5.91 Å². The predicted octanol–water partition coefficient (Wildman–Crippen LogP) is 2.60. The van der Waals surface area contributed by atoms with Crippen LogP contribution in [0, 0.1) is 0 Å². The molecule has 0 aromatic rings. The van der Waals surface area contributed by atoms with Crippen LogP contribution in [-0.4, -0.2) is 24.5 Å². The fraction of sp³-hybridized carbons (Fsp3) is 0.929. The lowest BCUT2D eigenvalue weighted by Crippen LogP contribution is -2.42. The van der Waals surface area contributed by atoms with Gasteiger partial charge in [0.25, 0.3) is 0 Å². The summed E-state index contributed by atoms with van der Waals surface area (Å²) in [7, 11) is 0. The van der Waals surface area contributed by atoms with Crippen LogP contribution in [0.5, 0.6) is 0 Å². The van der Waals surface area contributed by atoms with Gasteiger partial charge in [0.1, 0.15) is 0 Å². The highest BCUT2D eigenvalue weighted by molar-refractivity contribution is 5.78. The molecule has 1 aliphatic carbocycles. The maximum atomic E-state index is 11.6. The summed E-state index contributed by atoms with van der Waals surface area (Å²) in [6.45, 7) is 4.62. The molecule has 1 unspecified atom stereocenters. The Bertz CT molecular complexity index is 210. The molecular formula is C14H28N2O. The second-order valence-electron chi connectivity index (χ2n) is 5.30. The molecule has 0 bridgehead atoms. The minimum absolute atomic E-state index is 0.140. The Labute approximate surface area is 106 Å². The van der Waals surface area contributed by atoms with Gasteiger partial charge in [0.15, 0.2) is 0 Å². The summed E-state index contributed by atoms with van der Waals surface area (Å²) in [5.74, 6) is 0.140. The highest BCUT2D eigenvalue weighted by Gasteiger charge is 2.12. The van der Waals surface area contributed by atoms with Crippen LogP contribution in [-0.2, 0) is 4.79 Å². The van der Waals surface area contributed by atoms with Gasteiger partial charge in [-0.3, -0.25) is 4.79 Å². The van der Waals surface area contributed by atoms with E-state index in [-0.39, 0.29) is 5.91 Å². The van der Waals surface area contributed by atoms with Gasteiger partial charge in [0.05, 0.1) is 6.54 Å². The number of carbonyl (C=O) groups excluding carboxylic acids is 1. The highest BCUT2D eigenvalue weighted by Crippen LogP contribution is 2.16. The second kappa shape index (κ2) is 8.51. The Hall–Kier alpha value is -0.570. The van der Waals surface area contributed by atoms with Crippen molar-refractivity contribution in [2.45, 2.75) is 77.3 Å². The highest BCUT2D eigenvalue weighted by atomic mass is 16.1. The number of hydrogen-bond acceptors (Lipinski definition) is 2. The van der Waals surface area contributed by atoms with Gasteiger partial charge >= 0.3 is 0 Å². The molecule has 1 aliphatic rings. The van der Waals surface area contributed by atoms with Crippen LogP contribution in [0.1, 0.15) is 65.2 Å². The number of hydrogen-bond donors (Lipinski definition) is 2. The molecule has 0 heterocycles. The quantitative estimate of drug-likeness (QED) is 0.775. The summed E-state index contributed by atoms with van der Waals surface area (Å²) in [6, 6.07) is 0.847. The zero-order chi connectivity index (χ0) is 12.5. The molecule has 100 valence electrons. The number of carbonyl (C=O) groups is 1. The molecule has 1 rings (SSSR count). The van der Waals surface area contributed by atoms with Crippen LogP contribution in [0.4, 0.5) is 0 Å². The van der Waals surface area contributed by atoms with Gasteiger partial charge in [-0.15, -0.1) is 0 Å². The average Bonchev–Trinajstić information content (AvgIpc) is 2.27. The zero-order valence-corrected chi connectivity index (χ0v) is 11.4. The van der Waals surface area contributed by atoms with Crippen LogP contribution >= 0.6 is 0 Å². The van der Waals surface area contributed by atoms with Gasteiger partial charge in [0.2, 0.25) is 5.91 Å². The summed E-state index contributed by atoms with van der Waals surface area (Å²) in [6.07, 6.45) is 10.2. The van der Waals surface area contributed by atoms with Crippen molar-refractivity contribution in [1.82, 2.24) is 10.6 Å². The van der Waals surface area contributed by atoms with E-state index in [0.717, 1.165) is 6.42 Å². The third kappa shape index (κ3) is 6.67. The van der Waals surface area contributed by atoms with Crippen molar-refractivity contribution in [2.75, 3.05) is 6.54 Å². The third-order valence-corrected chi connectivity index (χ3v) is 3.68. The first-order valence-electron chi connectivity index (χ1n) is 7.25. The third-order valence-electron chi connectivity index (χ3n) is 3.68. The normalized spacial score (nSPS) is 20.4. The summed E-state index contributed by atoms with van der Waals surface area (Å²) in [5, 5.41) is 6.40. The number of rotatable bonds is 5. The van der Waals surface area contributed by atoms with Crippen molar-refractivity contribution in [3.8, 4) is 0 Å². The molecule has 0 radical (unpaired) electrons. The molecular weight excluding hydrogens is 212 g/mol. The molecule has 0 saturated heterocycles. The lowest BCUT2D eigenvalue weighted by atomic mass is 9.97. The maximum Gasteiger partial charge on any atom is 0.234 e. The SMILES string of the molecule is CCC(C)NC(=O)CNC1CCCCCCC1. The van der Waals surface area contributed by atoms with Crippen molar-refractivity contribution in [2.24, 2.45) is 0 Å². The van der Waals surface area contributed by atoms with Crippen molar-refractivity contribution in [1.29, 1.82) is 0 Å². The van der Waals surface area contributed by atoms with E-state index in [1.807, 2.05) is 6.92 Å². The van der Waals surface area contributed by atoms with Crippen LogP contribution in [0.25, 0.3) is 0 Å². The van der Waals surface area contributed by atoms with E-state index in [0.29, 0.717) is 18.6 Å². The van der Waals surface area contributed by atoms with Crippen LogP contribution < -0.4 is 10.6 Å². The molecule has 1 saturated carbocycles. The lowest BCUT2D eigenvalue weighted by Gasteiger charge is -2.21. The van der Waals surface area contributed by atoms with Gasteiger partial charge in [0, 0.05) is 12.1 Å². The van der Waals surface area contributed by atoms with E-state index in [2.05, 4.69) is 17.6 Å². The predicted molar refractivity (Wildman–Crippen MR) is 72.0 cm³/mol. The van der Waals surface area contributed by atoms with E-state index >= 15 is 0 Å². The van der Waals surface area contributed by atoms with Crippen LogP contribution in [0.3, 0.4) is 0 Å². The van der Waals surface area contributed by atoms with Crippen molar-refractivity contribution < 1.29 is 4.79 Å². The van der Waals surface area contributed by atoms with E-state index in [4.69, 9.17) is 0 Å². The van der Waals surface area contributed by atoms with E-state index < -0.39 is 0 Å². The Morgan fingerprint density at radius 2 is 1.76 bits per heavy atom. The summed E-state index contributed by atoms with van der Waals surface area (Å²) < 4.78 is 0. The van der Waals surface area contributed by atoms with Gasteiger partial charge in [-0.2, -0.15) is 0 Å². The van der Waals surface area contributed by atoms with Gasteiger partial charge < -0.3 is 10.6 Å². The van der Waals surface area contributed by atoms with Crippen LogP contribution in [0.15, 0.2) is 0 Å². The summed E-state index contributed by atoms with van der Waals surface area (Å²) >= 11 is 0. The van der Waals surface area contributed by atoms with E-state index in [9.17, 15) is 4.79 Å². The topological polar surface area (TPSA) is 41.1 Å². The molecule has 2 N–H and O–H groups in total. The Morgan fingerprint density at radius 1 is 1.18 bits per heavy atom. The van der Waals surface area contributed by atoms with Gasteiger partial charge in [-0.25, -0.2) is 0 Å². The Morgan fingerprint density at radius 3 is 2.35 bits per heavy atom. The largest absolute Gasteiger partial charge is 0.353 e. The Balaban J connectivity index is 2.16. The maximum absolute atomic E-state index is 11.6. The molecule has 17 heavy (non-hydrogen) atoms. The minimum atomic E-state index is 0.140. The first kappa shape index (κ1) is 14.5. The molecule has 0 aliphatic heterocycles. The van der Waals surface area contributed by atoms with Crippen molar-refractivity contribution in [3.05, 3.63) is 0 Å². The summed E-state index contributed by atoms with van der Waals surface area (Å²) in [5.41, 5.74) is 0. The number of amides is 1. The molecule has 0 aromatic heterocycles. The van der Waals surface area contributed by atoms with E-state index in [1.54, 1.807) is 0 Å². The van der Waals surface area contributed by atoms with Gasteiger partial charge in [-0.1, -0.05) is 39.0 Å². The number of nitrogens with one attached hydrogen (secondary N) is 2. The molecule has 1 atom stereocenters. The molecule has 1 amide bonds. The zero-order valence-electron chi connectivity index (χ0n) is 11.4. The average molecular weight is 240 g/mol. The smallest absolute Gasteiger partial charge is 0.234 e. The standard InChI is InChI=1S/C14H28N2O/c1-3-12(2)16-14(17)11-15-13-9-7-5-4-6-8-10-13/h12-13,15H,3-11H2,1-2H3,(H,16,17). The van der Waals surface area contributed by atoms with Gasteiger partial charge in [-0.05, 0) is 26.2 Å². The van der Waals surface area contributed by atoms with Crippen molar-refractivity contribution in [3.63, 3.8) is 0 Å². The molecule has 0 spiro atoms. The van der Waals surface area contributed by atoms with Crippen LogP contribution in [0.2, 0.25) is 0 Å².